The molecule has 0 saturated carbocycles. The fraction of sp³-hybridized carbons (Fsp3) is 1.00. The molecule has 0 bridgehead atoms. The summed E-state index contributed by atoms with van der Waals surface area (Å²) in [6, 6.07) is 0. The van der Waals surface area contributed by atoms with Gasteiger partial charge in [0.05, 0.1) is 0 Å². The van der Waals surface area contributed by atoms with E-state index in [9.17, 15) is 43.2 Å². The molecule has 0 saturated heterocycles. The van der Waals surface area contributed by atoms with Crippen molar-refractivity contribution in [2.75, 3.05) is 0 Å². The summed E-state index contributed by atoms with van der Waals surface area (Å²) in [5.74, 6) is 0. The van der Waals surface area contributed by atoms with Gasteiger partial charge < -0.3 is 0 Å². The van der Waals surface area contributed by atoms with Crippen LogP contribution < -0.4 is 0 Å². The molecule has 0 aliphatic carbocycles. The Balaban J connectivity index is 0. The maximum absolute atomic E-state index is 11.5. The van der Waals surface area contributed by atoms with Gasteiger partial charge in [-0.2, -0.15) is 0 Å². The van der Waals surface area contributed by atoms with Gasteiger partial charge in [0.15, 0.2) is 0 Å². The van der Waals surface area contributed by atoms with E-state index in [0.29, 0.717) is 0 Å². The second kappa shape index (κ2) is 5.30. The summed E-state index contributed by atoms with van der Waals surface area (Å²) in [6.07, 6.45) is 0. The molecule has 108 valence electrons. The van der Waals surface area contributed by atoms with Crippen molar-refractivity contribution in [3.8, 4) is 0 Å². The predicted molar refractivity (Wildman–Crippen MR) is 29.9 cm³/mol. The number of halogens is 6. The van der Waals surface area contributed by atoms with Gasteiger partial charge in [-0.3, -0.25) is 0 Å². The monoisotopic (exact) mass is 480 g/mol. The smallest absolute Gasteiger partial charge is 0 e. The molecule has 16 heavy (non-hydrogen) atoms. The van der Waals surface area contributed by atoms with Crippen LogP contribution in [0.5, 0.6) is 0 Å². The molecule has 0 amide bonds. The SMILES string of the molecule is O=[S](=O)([Ag][S](=O)(=O)C(F)(F)F)C(F)(F)F.[Ag]. The topological polar surface area (TPSA) is 68.3 Å². The van der Waals surface area contributed by atoms with Crippen LogP contribution in [0.15, 0.2) is 0 Å². The molecule has 0 aromatic heterocycles. The van der Waals surface area contributed by atoms with Gasteiger partial charge in [0.1, 0.15) is 0 Å². The molecule has 14 heteroatoms. The molecule has 0 rings (SSSR count). The number of hydrogen-bond donors (Lipinski definition) is 0. The van der Waals surface area contributed by atoms with Gasteiger partial charge in [-0.25, -0.2) is 0 Å². The van der Waals surface area contributed by atoms with Crippen LogP contribution >= 0.6 is 0 Å². The maximum Gasteiger partial charge on any atom is 0 e. The molecular formula is C2Ag2F6O4S2. The van der Waals surface area contributed by atoms with Gasteiger partial charge in [-0.15, -0.1) is 0 Å². The van der Waals surface area contributed by atoms with Crippen molar-refractivity contribution in [2.45, 2.75) is 11.0 Å². The molecule has 0 fully saturated rings. The van der Waals surface area contributed by atoms with Crippen LogP contribution in [0.1, 0.15) is 0 Å². The van der Waals surface area contributed by atoms with Crippen molar-refractivity contribution in [3.63, 3.8) is 0 Å². The van der Waals surface area contributed by atoms with E-state index < -0.39 is 42.7 Å². The van der Waals surface area contributed by atoms with Crippen LogP contribution in [0.2, 0.25) is 0 Å². The van der Waals surface area contributed by atoms with Crippen molar-refractivity contribution in [3.05, 3.63) is 0 Å². The van der Waals surface area contributed by atoms with Crippen LogP contribution in [0, 0.1) is 0 Å². The molecule has 0 N–H and O–H groups in total. The molecule has 0 heterocycles. The first-order chi connectivity index (χ1) is 6.21. The van der Waals surface area contributed by atoms with E-state index in [4.69, 9.17) is 0 Å². The van der Waals surface area contributed by atoms with E-state index in [1.807, 2.05) is 0 Å². The number of alkyl halides is 6. The minimum atomic E-state index is -6.32. The van der Waals surface area contributed by atoms with Crippen LogP contribution in [0.25, 0.3) is 0 Å². The molecule has 0 unspecified atom stereocenters. The second-order valence-corrected chi connectivity index (χ2v) is 11.7. The third kappa shape index (κ3) is 4.68. The third-order valence-electron chi connectivity index (χ3n) is 0.650. The maximum atomic E-state index is 11.5. The van der Waals surface area contributed by atoms with Gasteiger partial charge in [0.2, 0.25) is 0 Å². The predicted octanol–water partition coefficient (Wildman–Crippen LogP) is 0.766. The first-order valence-corrected chi connectivity index (χ1v) is 8.73. The van der Waals surface area contributed by atoms with Gasteiger partial charge in [-0.05, 0) is 0 Å². The Morgan fingerprint density at radius 3 is 1.00 bits per heavy atom. The van der Waals surface area contributed by atoms with E-state index in [1.54, 1.807) is 0 Å². The summed E-state index contributed by atoms with van der Waals surface area (Å²) in [4.78, 5) is 0. The molecule has 0 atom stereocenters. The Bertz CT molecular complexity index is 388. The van der Waals surface area contributed by atoms with E-state index in [2.05, 4.69) is 0 Å². The average Bonchev–Trinajstić information content (AvgIpc) is 1.77. The molecule has 0 aliphatic rings. The Morgan fingerprint density at radius 2 is 0.875 bits per heavy atom. The molecule has 4 nitrogen and oxygen atoms in total. The Kier molecular flexibility index (Phi) is 6.39. The van der Waals surface area contributed by atoms with Gasteiger partial charge in [-0.1, -0.05) is 0 Å². The second-order valence-electron chi connectivity index (χ2n) is 1.74. The fourth-order valence-electron chi connectivity index (χ4n) is 0.144. The van der Waals surface area contributed by atoms with E-state index in [1.165, 1.54) is 0 Å². The summed E-state index contributed by atoms with van der Waals surface area (Å²) in [5, 5.41) is 0. The molecule has 0 spiro atoms. The minimum Gasteiger partial charge on any atom is 0 e. The summed E-state index contributed by atoms with van der Waals surface area (Å²) in [6.45, 7) is 0. The van der Waals surface area contributed by atoms with Crippen molar-refractivity contribution in [1.82, 2.24) is 0 Å². The van der Waals surface area contributed by atoms with Gasteiger partial charge in [0, 0.05) is 22.4 Å². The fourth-order valence-corrected chi connectivity index (χ4v) is 7.67. The van der Waals surface area contributed by atoms with Crippen LogP contribution in [0.4, 0.5) is 26.3 Å². The van der Waals surface area contributed by atoms with Gasteiger partial charge in [0.25, 0.3) is 0 Å². The first kappa shape index (κ1) is 19.3. The van der Waals surface area contributed by atoms with Crippen LogP contribution in [-0.4, -0.2) is 27.9 Å². The normalized spacial score (nSPS) is 14.6. The van der Waals surface area contributed by atoms with Crippen molar-refractivity contribution < 1.29 is 82.7 Å². The summed E-state index contributed by atoms with van der Waals surface area (Å²) < 4.78 is 110. The quantitative estimate of drug-likeness (QED) is 0.431. The third-order valence-corrected chi connectivity index (χ3v) is 10.7. The zero-order chi connectivity index (χ0) is 12.7. The zero-order valence-electron chi connectivity index (χ0n) is 6.32. The summed E-state index contributed by atoms with van der Waals surface area (Å²) in [7, 11) is -12.6. The Hall–Kier alpha value is 0.961. The van der Waals surface area contributed by atoms with E-state index >= 15 is 0 Å². The minimum absolute atomic E-state index is 0. The molecular weight excluding hydrogens is 482 g/mol. The summed E-state index contributed by atoms with van der Waals surface area (Å²) >= 11 is -3.34. The number of hydrogen-bond acceptors (Lipinski definition) is 4. The first-order valence-electron chi connectivity index (χ1n) is 2.45. The standard InChI is InChI=1S/2CF3O2S.2Ag/c2*2-1(3,4)7(5)6;;. The van der Waals surface area contributed by atoms with Crippen molar-refractivity contribution in [2.24, 2.45) is 0 Å². The summed E-state index contributed by atoms with van der Waals surface area (Å²) in [5.41, 5.74) is -12.0. The van der Waals surface area contributed by atoms with Crippen molar-refractivity contribution >= 4 is 14.6 Å². The Morgan fingerprint density at radius 1 is 0.688 bits per heavy atom. The van der Waals surface area contributed by atoms with Gasteiger partial charge >= 0.3 is 85.9 Å². The largest absolute Gasteiger partial charge is 0 e. The zero-order valence-corrected chi connectivity index (χ0v) is 10.9. The Labute approximate surface area is 108 Å². The number of rotatable bonds is 2. The molecule has 0 aliphatic heterocycles. The van der Waals surface area contributed by atoms with E-state index in [0.717, 1.165) is 0 Å². The molecule has 1 radical (unpaired) electrons. The van der Waals surface area contributed by atoms with E-state index in [-0.39, 0.29) is 22.4 Å². The van der Waals surface area contributed by atoms with Crippen LogP contribution in [-0.2, 0) is 54.1 Å². The molecule has 0 aromatic carbocycles. The van der Waals surface area contributed by atoms with Crippen LogP contribution in [0.3, 0.4) is 0 Å². The molecule has 0 aromatic rings. The van der Waals surface area contributed by atoms with Crippen molar-refractivity contribution in [1.29, 1.82) is 0 Å². The average molecular weight is 482 g/mol.